The second kappa shape index (κ2) is 7.33. The van der Waals surface area contributed by atoms with Crippen molar-refractivity contribution in [1.29, 1.82) is 0 Å². The molecule has 0 spiro atoms. The fourth-order valence-corrected chi connectivity index (χ4v) is 3.07. The summed E-state index contributed by atoms with van der Waals surface area (Å²) >= 11 is 0. The van der Waals surface area contributed by atoms with Gasteiger partial charge in [0.2, 0.25) is 5.91 Å². The van der Waals surface area contributed by atoms with E-state index in [2.05, 4.69) is 10.2 Å². The zero-order valence-corrected chi connectivity index (χ0v) is 12.8. The first-order valence-corrected chi connectivity index (χ1v) is 7.77. The summed E-state index contributed by atoms with van der Waals surface area (Å²) in [6, 6.07) is 3.81. The van der Waals surface area contributed by atoms with Crippen molar-refractivity contribution < 1.29 is 23.0 Å². The van der Waals surface area contributed by atoms with Crippen LogP contribution in [0.1, 0.15) is 5.56 Å². The highest BCUT2D eigenvalue weighted by atomic mass is 19.2. The van der Waals surface area contributed by atoms with Gasteiger partial charge in [-0.1, -0.05) is 12.1 Å². The van der Waals surface area contributed by atoms with E-state index in [-0.39, 0.29) is 30.0 Å². The molecule has 3 rings (SSSR count). The molecule has 0 bridgehead atoms. The molecule has 2 fully saturated rings. The van der Waals surface area contributed by atoms with Crippen LogP contribution < -0.4 is 5.32 Å². The number of hydrogen-bond acceptors (Lipinski definition) is 4. The van der Waals surface area contributed by atoms with Crippen molar-refractivity contribution in [2.24, 2.45) is 0 Å². The van der Waals surface area contributed by atoms with Gasteiger partial charge in [-0.3, -0.25) is 9.69 Å². The number of hydrogen-bond donors (Lipinski definition) is 1. The molecule has 0 aliphatic carbocycles. The Bertz CT molecular complexity index is 564. The van der Waals surface area contributed by atoms with Crippen molar-refractivity contribution >= 4 is 5.91 Å². The van der Waals surface area contributed by atoms with E-state index < -0.39 is 11.6 Å². The summed E-state index contributed by atoms with van der Waals surface area (Å²) in [5.41, 5.74) is 0.0596. The van der Waals surface area contributed by atoms with E-state index in [4.69, 9.17) is 9.47 Å². The van der Waals surface area contributed by atoms with Gasteiger partial charge in [0.25, 0.3) is 0 Å². The molecule has 0 saturated carbocycles. The first-order chi connectivity index (χ1) is 11.1. The number of carbonyl (C=O) groups excluding carboxylic acids is 1. The van der Waals surface area contributed by atoms with E-state index in [1.807, 2.05) is 0 Å². The summed E-state index contributed by atoms with van der Waals surface area (Å²) in [5, 5.41) is 2.89. The minimum absolute atomic E-state index is 0.0596. The molecule has 1 amide bonds. The van der Waals surface area contributed by atoms with Crippen molar-refractivity contribution in [2.45, 2.75) is 18.5 Å². The van der Waals surface area contributed by atoms with E-state index in [9.17, 15) is 13.6 Å². The number of halogens is 2. The van der Waals surface area contributed by atoms with Crippen LogP contribution in [0.15, 0.2) is 18.2 Å². The van der Waals surface area contributed by atoms with Gasteiger partial charge < -0.3 is 14.8 Å². The molecule has 1 aromatic carbocycles. The summed E-state index contributed by atoms with van der Waals surface area (Å²) in [4.78, 5) is 14.4. The van der Waals surface area contributed by atoms with E-state index in [0.29, 0.717) is 26.4 Å². The number of ether oxygens (including phenoxy) is 2. The van der Waals surface area contributed by atoms with Gasteiger partial charge in [0.15, 0.2) is 11.6 Å². The molecule has 1 N–H and O–H groups in total. The molecule has 0 radical (unpaired) electrons. The molecule has 0 aromatic heterocycles. The number of carbonyl (C=O) groups is 1. The smallest absolute Gasteiger partial charge is 0.224 e. The van der Waals surface area contributed by atoms with Crippen molar-refractivity contribution in [2.75, 3.05) is 39.5 Å². The lowest BCUT2D eigenvalue weighted by atomic mass is 10.1. The lowest BCUT2D eigenvalue weighted by molar-refractivity contribution is -0.121. The van der Waals surface area contributed by atoms with Gasteiger partial charge >= 0.3 is 0 Å². The maximum Gasteiger partial charge on any atom is 0.224 e. The standard InChI is InChI=1S/C16H20F2N2O3/c17-12-3-1-2-11(16(12)18)8-15(21)19-13-9-23-10-14(13)20-4-6-22-7-5-20/h1-3,13-14H,4-10H2,(H,19,21)/t13-,14-/m0/s1. The molecule has 2 atom stereocenters. The zero-order valence-electron chi connectivity index (χ0n) is 12.8. The first kappa shape index (κ1) is 16.3. The summed E-state index contributed by atoms with van der Waals surface area (Å²) in [6.45, 7) is 3.94. The van der Waals surface area contributed by atoms with E-state index in [0.717, 1.165) is 19.2 Å². The molecule has 2 saturated heterocycles. The molecule has 2 aliphatic rings. The second-order valence-corrected chi connectivity index (χ2v) is 5.82. The van der Waals surface area contributed by atoms with Crippen LogP contribution in [-0.4, -0.2) is 62.4 Å². The van der Waals surface area contributed by atoms with Crippen LogP contribution in [-0.2, 0) is 20.7 Å². The van der Waals surface area contributed by atoms with Gasteiger partial charge in [0.1, 0.15) is 0 Å². The quantitative estimate of drug-likeness (QED) is 0.886. The van der Waals surface area contributed by atoms with Crippen molar-refractivity contribution in [3.63, 3.8) is 0 Å². The molecule has 2 aliphatic heterocycles. The maximum atomic E-state index is 13.6. The van der Waals surface area contributed by atoms with Crippen LogP contribution in [0.25, 0.3) is 0 Å². The van der Waals surface area contributed by atoms with Gasteiger partial charge in [0.05, 0.1) is 44.9 Å². The van der Waals surface area contributed by atoms with Crippen LogP contribution in [0, 0.1) is 11.6 Å². The minimum Gasteiger partial charge on any atom is -0.379 e. The zero-order chi connectivity index (χ0) is 16.2. The van der Waals surface area contributed by atoms with Crippen LogP contribution in [0.5, 0.6) is 0 Å². The number of morpholine rings is 1. The Labute approximate surface area is 133 Å². The third kappa shape index (κ3) is 3.85. The predicted octanol–water partition coefficient (Wildman–Crippen LogP) is 0.723. The fraction of sp³-hybridized carbons (Fsp3) is 0.562. The molecule has 126 valence electrons. The monoisotopic (exact) mass is 326 g/mol. The Morgan fingerprint density at radius 1 is 1.22 bits per heavy atom. The molecule has 5 nitrogen and oxygen atoms in total. The van der Waals surface area contributed by atoms with Crippen LogP contribution in [0.3, 0.4) is 0 Å². The SMILES string of the molecule is O=C(Cc1cccc(F)c1F)N[C@H]1COC[C@@H]1N1CCOCC1. The summed E-state index contributed by atoms with van der Waals surface area (Å²) in [6.07, 6.45) is -0.185. The number of nitrogens with zero attached hydrogens (tertiary/aromatic N) is 1. The number of nitrogens with one attached hydrogen (secondary N) is 1. The fourth-order valence-electron chi connectivity index (χ4n) is 3.07. The molecule has 2 heterocycles. The number of amides is 1. The highest BCUT2D eigenvalue weighted by Crippen LogP contribution is 2.16. The maximum absolute atomic E-state index is 13.6. The minimum atomic E-state index is -0.963. The van der Waals surface area contributed by atoms with Gasteiger partial charge in [0, 0.05) is 18.7 Å². The summed E-state index contributed by atoms with van der Waals surface area (Å²) < 4.78 is 37.7. The van der Waals surface area contributed by atoms with Gasteiger partial charge in [-0.2, -0.15) is 0 Å². The average molecular weight is 326 g/mol. The highest BCUT2D eigenvalue weighted by Gasteiger charge is 2.34. The lowest BCUT2D eigenvalue weighted by Crippen LogP contribution is -2.54. The van der Waals surface area contributed by atoms with Gasteiger partial charge in [-0.15, -0.1) is 0 Å². The lowest BCUT2D eigenvalue weighted by Gasteiger charge is -2.34. The van der Waals surface area contributed by atoms with Crippen molar-refractivity contribution in [3.8, 4) is 0 Å². The van der Waals surface area contributed by atoms with Crippen molar-refractivity contribution in [1.82, 2.24) is 10.2 Å². The third-order valence-electron chi connectivity index (χ3n) is 4.29. The largest absolute Gasteiger partial charge is 0.379 e. The highest BCUT2D eigenvalue weighted by molar-refractivity contribution is 5.79. The van der Waals surface area contributed by atoms with E-state index in [1.165, 1.54) is 12.1 Å². The Morgan fingerprint density at radius 2 is 2.00 bits per heavy atom. The van der Waals surface area contributed by atoms with Crippen LogP contribution in [0.2, 0.25) is 0 Å². The molecular formula is C16H20F2N2O3. The van der Waals surface area contributed by atoms with Gasteiger partial charge in [-0.05, 0) is 6.07 Å². The summed E-state index contributed by atoms with van der Waals surface area (Å²) in [5.74, 6) is -2.23. The Hall–Kier alpha value is -1.57. The Balaban J connectivity index is 1.59. The third-order valence-corrected chi connectivity index (χ3v) is 4.29. The van der Waals surface area contributed by atoms with Crippen LogP contribution >= 0.6 is 0 Å². The van der Waals surface area contributed by atoms with Crippen LogP contribution in [0.4, 0.5) is 8.78 Å². The second-order valence-electron chi connectivity index (χ2n) is 5.82. The predicted molar refractivity (Wildman–Crippen MR) is 79.0 cm³/mol. The van der Waals surface area contributed by atoms with E-state index >= 15 is 0 Å². The number of benzene rings is 1. The Kier molecular flexibility index (Phi) is 5.20. The van der Waals surface area contributed by atoms with Crippen molar-refractivity contribution in [3.05, 3.63) is 35.4 Å². The molecule has 0 unspecified atom stereocenters. The topological polar surface area (TPSA) is 50.8 Å². The first-order valence-electron chi connectivity index (χ1n) is 7.77. The van der Waals surface area contributed by atoms with E-state index in [1.54, 1.807) is 0 Å². The molecule has 7 heteroatoms. The summed E-state index contributed by atoms with van der Waals surface area (Å²) in [7, 11) is 0. The number of rotatable bonds is 4. The normalized spacial score (nSPS) is 25.5. The Morgan fingerprint density at radius 3 is 2.78 bits per heavy atom. The molecule has 23 heavy (non-hydrogen) atoms. The van der Waals surface area contributed by atoms with Gasteiger partial charge in [-0.25, -0.2) is 8.78 Å². The average Bonchev–Trinajstić information content (AvgIpc) is 3.00. The molecular weight excluding hydrogens is 306 g/mol. The molecule has 1 aromatic rings.